The molecule has 1 aromatic heterocycles. The highest BCUT2D eigenvalue weighted by molar-refractivity contribution is 7.09. The lowest BCUT2D eigenvalue weighted by molar-refractivity contribution is 0.555. The minimum atomic E-state index is -0.668. The SMILES string of the molecule is CC(C)(C)c1csc(CC(N)c2cc(F)c(Cl)cc2F)n1. The Morgan fingerprint density at radius 2 is 1.95 bits per heavy atom. The van der Waals surface area contributed by atoms with E-state index >= 15 is 0 Å². The third-order valence-electron chi connectivity index (χ3n) is 3.15. The van der Waals surface area contributed by atoms with E-state index in [1.165, 1.54) is 11.3 Å². The maximum absolute atomic E-state index is 13.8. The van der Waals surface area contributed by atoms with Crippen LogP contribution in [-0.2, 0) is 11.8 Å². The summed E-state index contributed by atoms with van der Waals surface area (Å²) >= 11 is 7.02. The Labute approximate surface area is 132 Å². The van der Waals surface area contributed by atoms with Gasteiger partial charge in [-0.3, -0.25) is 0 Å². The first kappa shape index (κ1) is 16.3. The third kappa shape index (κ3) is 3.78. The summed E-state index contributed by atoms with van der Waals surface area (Å²) in [6.07, 6.45) is 0.360. The number of thiazole rings is 1. The molecule has 0 aliphatic heterocycles. The van der Waals surface area contributed by atoms with Crippen LogP contribution < -0.4 is 5.73 Å². The van der Waals surface area contributed by atoms with Gasteiger partial charge in [0.25, 0.3) is 0 Å². The van der Waals surface area contributed by atoms with Gasteiger partial charge in [0.1, 0.15) is 11.6 Å². The van der Waals surface area contributed by atoms with E-state index in [0.717, 1.165) is 22.8 Å². The number of aromatic nitrogens is 1. The molecule has 2 rings (SSSR count). The van der Waals surface area contributed by atoms with Crippen molar-refractivity contribution in [2.75, 3.05) is 0 Å². The van der Waals surface area contributed by atoms with Gasteiger partial charge in [0.2, 0.25) is 0 Å². The molecule has 0 saturated carbocycles. The zero-order valence-corrected chi connectivity index (χ0v) is 13.7. The van der Waals surface area contributed by atoms with Crippen LogP contribution in [-0.4, -0.2) is 4.98 Å². The number of rotatable bonds is 3. The average molecular weight is 331 g/mol. The molecule has 1 heterocycles. The van der Waals surface area contributed by atoms with Crippen LogP contribution in [0.25, 0.3) is 0 Å². The van der Waals surface area contributed by atoms with Crippen molar-refractivity contribution in [3.05, 3.63) is 50.4 Å². The summed E-state index contributed by atoms with van der Waals surface area (Å²) in [5.74, 6) is -1.26. The predicted molar refractivity (Wildman–Crippen MR) is 82.8 cm³/mol. The van der Waals surface area contributed by atoms with Crippen LogP contribution >= 0.6 is 22.9 Å². The standard InChI is InChI=1S/C15H17ClF2N2S/c1-15(2,3)13-7-21-14(20-13)6-12(19)8-4-11(18)9(16)5-10(8)17/h4-5,7,12H,6,19H2,1-3H3. The molecule has 2 N–H and O–H groups in total. The summed E-state index contributed by atoms with van der Waals surface area (Å²) in [5, 5.41) is 2.54. The van der Waals surface area contributed by atoms with E-state index in [1.54, 1.807) is 0 Å². The summed E-state index contributed by atoms with van der Waals surface area (Å²) in [6.45, 7) is 6.21. The van der Waals surface area contributed by atoms with E-state index in [0.29, 0.717) is 6.42 Å². The zero-order valence-electron chi connectivity index (χ0n) is 12.1. The van der Waals surface area contributed by atoms with Crippen LogP contribution in [0.15, 0.2) is 17.5 Å². The molecule has 21 heavy (non-hydrogen) atoms. The van der Waals surface area contributed by atoms with Gasteiger partial charge in [0.15, 0.2) is 0 Å². The van der Waals surface area contributed by atoms with E-state index in [1.807, 2.05) is 5.38 Å². The number of hydrogen-bond donors (Lipinski definition) is 1. The molecule has 1 atom stereocenters. The van der Waals surface area contributed by atoms with Gasteiger partial charge < -0.3 is 5.73 Å². The number of nitrogens with zero attached hydrogens (tertiary/aromatic N) is 1. The molecule has 0 aliphatic carbocycles. The van der Waals surface area contributed by atoms with Gasteiger partial charge in [-0.05, 0) is 12.1 Å². The van der Waals surface area contributed by atoms with E-state index in [4.69, 9.17) is 17.3 Å². The molecule has 0 spiro atoms. The fraction of sp³-hybridized carbons (Fsp3) is 0.400. The van der Waals surface area contributed by atoms with E-state index in [2.05, 4.69) is 25.8 Å². The molecular formula is C15H17ClF2N2S. The minimum absolute atomic E-state index is 0.0452. The highest BCUT2D eigenvalue weighted by Gasteiger charge is 2.20. The summed E-state index contributed by atoms with van der Waals surface area (Å²) in [7, 11) is 0. The maximum Gasteiger partial charge on any atom is 0.142 e. The Bertz CT molecular complexity index is 650. The lowest BCUT2D eigenvalue weighted by atomic mass is 9.93. The van der Waals surface area contributed by atoms with Crippen LogP contribution in [0.3, 0.4) is 0 Å². The quantitative estimate of drug-likeness (QED) is 0.834. The largest absolute Gasteiger partial charge is 0.324 e. The Kier molecular flexibility index (Phi) is 4.66. The second-order valence-corrected chi connectivity index (χ2v) is 7.32. The van der Waals surface area contributed by atoms with Crippen molar-refractivity contribution in [3.8, 4) is 0 Å². The van der Waals surface area contributed by atoms with Gasteiger partial charge in [-0.15, -0.1) is 11.3 Å². The van der Waals surface area contributed by atoms with Gasteiger partial charge in [-0.25, -0.2) is 13.8 Å². The molecule has 6 heteroatoms. The van der Waals surface area contributed by atoms with Crippen molar-refractivity contribution in [1.29, 1.82) is 0 Å². The number of nitrogens with two attached hydrogens (primary N) is 1. The fourth-order valence-electron chi connectivity index (χ4n) is 1.87. The maximum atomic E-state index is 13.8. The van der Waals surface area contributed by atoms with E-state index < -0.39 is 17.7 Å². The van der Waals surface area contributed by atoms with Crippen LogP contribution in [0.5, 0.6) is 0 Å². The third-order valence-corrected chi connectivity index (χ3v) is 4.31. The first-order valence-corrected chi connectivity index (χ1v) is 7.79. The van der Waals surface area contributed by atoms with Crippen molar-refractivity contribution in [2.24, 2.45) is 5.73 Å². The predicted octanol–water partition coefficient (Wildman–Crippen LogP) is 4.61. The fourth-order valence-corrected chi connectivity index (χ4v) is 3.10. The lowest BCUT2D eigenvalue weighted by Gasteiger charge is -2.15. The Morgan fingerprint density at radius 3 is 2.52 bits per heavy atom. The second kappa shape index (κ2) is 5.99. The molecule has 0 fully saturated rings. The first-order chi connectivity index (χ1) is 9.68. The topological polar surface area (TPSA) is 38.9 Å². The molecule has 0 amide bonds. The Balaban J connectivity index is 2.20. The summed E-state index contributed by atoms with van der Waals surface area (Å²) in [4.78, 5) is 4.51. The van der Waals surface area contributed by atoms with Crippen LogP contribution in [0.2, 0.25) is 5.02 Å². The van der Waals surface area contributed by atoms with E-state index in [-0.39, 0.29) is 16.0 Å². The Morgan fingerprint density at radius 1 is 1.29 bits per heavy atom. The second-order valence-electron chi connectivity index (χ2n) is 5.97. The van der Waals surface area contributed by atoms with Crippen molar-refractivity contribution in [2.45, 2.75) is 38.6 Å². The van der Waals surface area contributed by atoms with Gasteiger partial charge in [0.05, 0.1) is 15.7 Å². The van der Waals surface area contributed by atoms with Crippen molar-refractivity contribution in [3.63, 3.8) is 0 Å². The molecule has 2 aromatic rings. The Hall–Kier alpha value is -1.04. The minimum Gasteiger partial charge on any atom is -0.324 e. The van der Waals surface area contributed by atoms with Crippen LogP contribution in [0.4, 0.5) is 8.78 Å². The molecule has 114 valence electrons. The molecule has 1 aromatic carbocycles. The summed E-state index contributed by atoms with van der Waals surface area (Å²) in [6, 6.07) is 1.35. The molecule has 0 aliphatic rings. The highest BCUT2D eigenvalue weighted by atomic mass is 35.5. The highest BCUT2D eigenvalue weighted by Crippen LogP contribution is 2.28. The molecule has 0 saturated heterocycles. The van der Waals surface area contributed by atoms with Crippen molar-refractivity contribution >= 4 is 22.9 Å². The van der Waals surface area contributed by atoms with Gasteiger partial charge in [0, 0.05) is 28.8 Å². The molecule has 0 radical (unpaired) electrons. The molecule has 2 nitrogen and oxygen atoms in total. The summed E-state index contributed by atoms with van der Waals surface area (Å²) in [5.41, 5.74) is 7.02. The smallest absolute Gasteiger partial charge is 0.142 e. The lowest BCUT2D eigenvalue weighted by Crippen LogP contribution is -2.16. The van der Waals surface area contributed by atoms with Crippen LogP contribution in [0.1, 0.15) is 43.1 Å². The van der Waals surface area contributed by atoms with Crippen LogP contribution in [0, 0.1) is 11.6 Å². The summed E-state index contributed by atoms with van der Waals surface area (Å²) < 4.78 is 27.3. The number of hydrogen-bond acceptors (Lipinski definition) is 3. The molecule has 1 unspecified atom stereocenters. The molecular weight excluding hydrogens is 314 g/mol. The van der Waals surface area contributed by atoms with Gasteiger partial charge in [-0.1, -0.05) is 32.4 Å². The number of benzene rings is 1. The normalized spacial score (nSPS) is 13.5. The van der Waals surface area contributed by atoms with Gasteiger partial charge in [-0.2, -0.15) is 0 Å². The van der Waals surface area contributed by atoms with Crippen molar-refractivity contribution in [1.82, 2.24) is 4.98 Å². The van der Waals surface area contributed by atoms with E-state index in [9.17, 15) is 8.78 Å². The van der Waals surface area contributed by atoms with Gasteiger partial charge >= 0.3 is 0 Å². The van der Waals surface area contributed by atoms with Crippen molar-refractivity contribution < 1.29 is 8.78 Å². The molecule has 0 bridgehead atoms. The number of halogens is 3. The monoisotopic (exact) mass is 330 g/mol. The first-order valence-electron chi connectivity index (χ1n) is 6.53. The average Bonchev–Trinajstić information content (AvgIpc) is 2.82. The zero-order chi connectivity index (χ0) is 15.8.